The fraction of sp³-hybridized carbons (Fsp3) is 0.864. The third kappa shape index (κ3) is 3.67. The highest BCUT2D eigenvalue weighted by Crippen LogP contribution is 2.68. The Labute approximate surface area is 167 Å². The molecule has 6 heteroatoms. The molecule has 3 fully saturated rings. The van der Waals surface area contributed by atoms with Crippen LogP contribution in [0.4, 0.5) is 0 Å². The van der Waals surface area contributed by atoms with Crippen LogP contribution in [0, 0.1) is 22.2 Å². The maximum Gasteiger partial charge on any atom is 0.347 e. The van der Waals surface area contributed by atoms with Crippen molar-refractivity contribution in [1.82, 2.24) is 0 Å². The maximum atomic E-state index is 13.0. The zero-order chi connectivity index (χ0) is 21.1. The van der Waals surface area contributed by atoms with Gasteiger partial charge in [0.1, 0.15) is 11.7 Å². The van der Waals surface area contributed by atoms with E-state index in [-0.39, 0.29) is 28.7 Å². The second-order valence-corrected chi connectivity index (χ2v) is 11.1. The van der Waals surface area contributed by atoms with Crippen LogP contribution in [-0.4, -0.2) is 35.7 Å². The standard InChI is InChI=1S/C22H34O6/c1-13(26-18(25)22(11-19(2,3)4)12-20(22,5)6)16(23)27-15-9-8-14-10-21(15,7)28-17(14)24/h13-15H,8-12H2,1-7H3. The van der Waals surface area contributed by atoms with Crippen molar-refractivity contribution in [2.75, 3.05) is 0 Å². The van der Waals surface area contributed by atoms with Crippen molar-refractivity contribution in [3.8, 4) is 0 Å². The summed E-state index contributed by atoms with van der Waals surface area (Å²) in [5, 5.41) is 0. The zero-order valence-corrected chi connectivity index (χ0v) is 18.2. The van der Waals surface area contributed by atoms with Gasteiger partial charge in [0.2, 0.25) is 0 Å². The molecule has 2 saturated carbocycles. The van der Waals surface area contributed by atoms with Gasteiger partial charge in [-0.1, -0.05) is 34.6 Å². The molecule has 3 aliphatic rings. The molecule has 1 heterocycles. The minimum atomic E-state index is -0.987. The summed E-state index contributed by atoms with van der Waals surface area (Å²) in [5.74, 6) is -1.20. The zero-order valence-electron chi connectivity index (χ0n) is 18.2. The minimum absolute atomic E-state index is 0.0177. The lowest BCUT2D eigenvalue weighted by molar-refractivity contribution is -0.186. The van der Waals surface area contributed by atoms with Crippen LogP contribution >= 0.6 is 0 Å². The fourth-order valence-electron chi connectivity index (χ4n) is 5.08. The van der Waals surface area contributed by atoms with Gasteiger partial charge < -0.3 is 14.2 Å². The summed E-state index contributed by atoms with van der Waals surface area (Å²) in [6.07, 6.45) is 1.80. The molecule has 0 aromatic heterocycles. The topological polar surface area (TPSA) is 78.9 Å². The Kier molecular flexibility index (Phi) is 4.87. The molecule has 0 spiro atoms. The van der Waals surface area contributed by atoms with Crippen molar-refractivity contribution in [2.45, 2.75) is 98.4 Å². The van der Waals surface area contributed by atoms with Crippen molar-refractivity contribution in [1.29, 1.82) is 0 Å². The molecule has 0 aromatic rings. The molecule has 2 aliphatic carbocycles. The molecule has 6 nitrogen and oxygen atoms in total. The molecule has 0 radical (unpaired) electrons. The second kappa shape index (κ2) is 6.46. The van der Waals surface area contributed by atoms with E-state index in [1.807, 2.05) is 6.92 Å². The van der Waals surface area contributed by atoms with Crippen LogP contribution in [0.1, 0.15) is 80.6 Å². The lowest BCUT2D eigenvalue weighted by Gasteiger charge is -2.35. The van der Waals surface area contributed by atoms with Crippen LogP contribution in [0.3, 0.4) is 0 Å². The molecule has 28 heavy (non-hydrogen) atoms. The second-order valence-electron chi connectivity index (χ2n) is 11.1. The largest absolute Gasteiger partial charge is 0.455 e. The highest BCUT2D eigenvalue weighted by molar-refractivity contribution is 5.85. The summed E-state index contributed by atoms with van der Waals surface area (Å²) in [6, 6.07) is 0. The molecule has 0 N–H and O–H groups in total. The van der Waals surface area contributed by atoms with Gasteiger partial charge >= 0.3 is 17.9 Å². The molecule has 2 bridgehead atoms. The molecule has 158 valence electrons. The molecule has 0 aromatic carbocycles. The van der Waals surface area contributed by atoms with Crippen LogP contribution in [-0.2, 0) is 28.6 Å². The lowest BCUT2D eigenvalue weighted by Crippen LogP contribution is -2.46. The first kappa shape index (κ1) is 21.1. The van der Waals surface area contributed by atoms with Crippen molar-refractivity contribution in [3.05, 3.63) is 0 Å². The van der Waals surface area contributed by atoms with Gasteiger partial charge in [0.15, 0.2) is 6.10 Å². The van der Waals surface area contributed by atoms with Gasteiger partial charge in [-0.05, 0) is 50.4 Å². The minimum Gasteiger partial charge on any atom is -0.455 e. The molecule has 1 aliphatic heterocycles. The number of carbonyl (C=O) groups is 3. The fourth-order valence-corrected chi connectivity index (χ4v) is 5.08. The first-order chi connectivity index (χ1) is 12.7. The number of carbonyl (C=O) groups excluding carboxylic acids is 3. The van der Waals surface area contributed by atoms with Gasteiger partial charge in [0.05, 0.1) is 11.3 Å². The Balaban J connectivity index is 1.61. The quantitative estimate of drug-likeness (QED) is 0.521. The Morgan fingerprint density at radius 1 is 1.21 bits per heavy atom. The van der Waals surface area contributed by atoms with E-state index in [0.29, 0.717) is 25.7 Å². The molecular formula is C22H34O6. The summed E-state index contributed by atoms with van der Waals surface area (Å²) in [4.78, 5) is 37.4. The lowest BCUT2D eigenvalue weighted by atomic mass is 9.79. The average Bonchev–Trinajstić information content (AvgIpc) is 2.98. The molecule has 5 atom stereocenters. The van der Waals surface area contributed by atoms with E-state index in [0.717, 1.165) is 6.42 Å². The highest BCUT2D eigenvalue weighted by Gasteiger charge is 2.68. The summed E-state index contributed by atoms with van der Waals surface area (Å²) in [7, 11) is 0. The monoisotopic (exact) mass is 394 g/mol. The first-order valence-electron chi connectivity index (χ1n) is 10.3. The van der Waals surface area contributed by atoms with Crippen molar-refractivity contribution < 1.29 is 28.6 Å². The Hall–Kier alpha value is -1.59. The van der Waals surface area contributed by atoms with Crippen molar-refractivity contribution in [3.63, 3.8) is 0 Å². The van der Waals surface area contributed by atoms with Gasteiger partial charge in [-0.2, -0.15) is 0 Å². The normalized spacial score (nSPS) is 37.0. The maximum absolute atomic E-state index is 13.0. The first-order valence-corrected chi connectivity index (χ1v) is 10.3. The Morgan fingerprint density at radius 3 is 2.36 bits per heavy atom. The molecular weight excluding hydrogens is 360 g/mol. The van der Waals surface area contributed by atoms with Gasteiger partial charge in [-0.25, -0.2) is 4.79 Å². The van der Waals surface area contributed by atoms with Crippen molar-refractivity contribution >= 4 is 17.9 Å². The van der Waals surface area contributed by atoms with Gasteiger partial charge in [-0.15, -0.1) is 0 Å². The summed E-state index contributed by atoms with van der Waals surface area (Å²) in [6.45, 7) is 13.8. The van der Waals surface area contributed by atoms with Gasteiger partial charge in [0, 0.05) is 6.42 Å². The van der Waals surface area contributed by atoms with Gasteiger partial charge in [0.25, 0.3) is 0 Å². The number of hydrogen-bond donors (Lipinski definition) is 0. The molecule has 0 amide bonds. The highest BCUT2D eigenvalue weighted by atomic mass is 16.6. The predicted octanol–water partition coefficient (Wildman–Crippen LogP) is 3.80. The Morgan fingerprint density at radius 2 is 1.82 bits per heavy atom. The molecule has 5 unspecified atom stereocenters. The predicted molar refractivity (Wildman–Crippen MR) is 102 cm³/mol. The third-order valence-electron chi connectivity index (χ3n) is 6.79. The SMILES string of the molecule is CC(OC(=O)C1(CC(C)(C)C)CC1(C)C)C(=O)OC1CCC2CC1(C)OC2=O. The van der Waals surface area contributed by atoms with Crippen LogP contribution in [0.25, 0.3) is 0 Å². The average molecular weight is 395 g/mol. The summed E-state index contributed by atoms with van der Waals surface area (Å²) in [5.41, 5.74) is -1.48. The smallest absolute Gasteiger partial charge is 0.347 e. The van der Waals surface area contributed by atoms with Crippen LogP contribution in [0.2, 0.25) is 0 Å². The van der Waals surface area contributed by atoms with E-state index in [4.69, 9.17) is 14.2 Å². The summed E-state index contributed by atoms with van der Waals surface area (Å²) >= 11 is 0. The van der Waals surface area contributed by atoms with E-state index in [2.05, 4.69) is 34.6 Å². The number of fused-ring (bicyclic) bond motifs is 2. The molecule has 1 saturated heterocycles. The van der Waals surface area contributed by atoms with Crippen LogP contribution in [0.15, 0.2) is 0 Å². The van der Waals surface area contributed by atoms with Crippen LogP contribution < -0.4 is 0 Å². The van der Waals surface area contributed by atoms with Crippen LogP contribution in [0.5, 0.6) is 0 Å². The number of ether oxygens (including phenoxy) is 3. The Bertz CT molecular complexity index is 690. The number of rotatable bonds is 5. The van der Waals surface area contributed by atoms with Gasteiger partial charge in [-0.3, -0.25) is 9.59 Å². The summed E-state index contributed by atoms with van der Waals surface area (Å²) < 4.78 is 16.7. The van der Waals surface area contributed by atoms with E-state index in [1.165, 1.54) is 0 Å². The van der Waals surface area contributed by atoms with E-state index >= 15 is 0 Å². The van der Waals surface area contributed by atoms with Crippen molar-refractivity contribution in [2.24, 2.45) is 22.2 Å². The molecule has 3 rings (SSSR count). The van der Waals surface area contributed by atoms with E-state index in [9.17, 15) is 14.4 Å². The van der Waals surface area contributed by atoms with E-state index < -0.39 is 29.2 Å². The number of esters is 3. The third-order valence-corrected chi connectivity index (χ3v) is 6.79. The van der Waals surface area contributed by atoms with E-state index in [1.54, 1.807) is 6.92 Å². The number of hydrogen-bond acceptors (Lipinski definition) is 6.